The molecule has 8 heteroatoms. The van der Waals surface area contributed by atoms with Crippen molar-refractivity contribution in [1.29, 1.82) is 0 Å². The van der Waals surface area contributed by atoms with Crippen molar-refractivity contribution in [3.05, 3.63) is 48.0 Å². The number of carbonyl (C=O) groups excluding carboxylic acids is 3. The summed E-state index contributed by atoms with van der Waals surface area (Å²) in [5, 5.41) is 18.0. The monoisotopic (exact) mass is 508 g/mol. The van der Waals surface area contributed by atoms with Crippen LogP contribution in [0.2, 0.25) is 0 Å². The summed E-state index contributed by atoms with van der Waals surface area (Å²) in [7, 11) is 0. The molecule has 1 unspecified atom stereocenters. The molecule has 3 amide bonds. The van der Waals surface area contributed by atoms with Crippen LogP contribution in [0.3, 0.4) is 0 Å². The van der Waals surface area contributed by atoms with E-state index >= 15 is 0 Å². The lowest BCUT2D eigenvalue weighted by Crippen LogP contribution is -2.58. The van der Waals surface area contributed by atoms with Crippen molar-refractivity contribution >= 4 is 28.5 Å². The van der Waals surface area contributed by atoms with Crippen molar-refractivity contribution in [1.82, 2.24) is 15.5 Å². The first-order chi connectivity index (χ1) is 18.0. The van der Waals surface area contributed by atoms with Gasteiger partial charge in [0.25, 0.3) is 0 Å². The highest BCUT2D eigenvalue weighted by Gasteiger charge is 2.39. The molecule has 8 nitrogen and oxygen atoms in total. The molecule has 0 radical (unpaired) electrons. The second-order valence-corrected chi connectivity index (χ2v) is 10.5. The van der Waals surface area contributed by atoms with Crippen LogP contribution < -0.4 is 16.4 Å². The number of imide groups is 1. The molecule has 5 N–H and O–H groups in total. The maximum atomic E-state index is 13.8. The molecule has 37 heavy (non-hydrogen) atoms. The molecule has 200 valence electrons. The highest BCUT2D eigenvalue weighted by atomic mass is 16.3. The fourth-order valence-electron chi connectivity index (χ4n) is 5.56. The van der Waals surface area contributed by atoms with Crippen LogP contribution in [-0.2, 0) is 20.8 Å². The predicted molar refractivity (Wildman–Crippen MR) is 144 cm³/mol. The Morgan fingerprint density at radius 3 is 2.49 bits per heavy atom. The molecule has 2 aromatic carbocycles. The van der Waals surface area contributed by atoms with Gasteiger partial charge in [-0.05, 0) is 54.5 Å². The maximum absolute atomic E-state index is 13.8. The zero-order valence-electron chi connectivity index (χ0n) is 21.5. The van der Waals surface area contributed by atoms with Crippen LogP contribution in [0.4, 0.5) is 0 Å². The van der Waals surface area contributed by atoms with Gasteiger partial charge in [-0.2, -0.15) is 0 Å². The Labute approximate surface area is 219 Å². The summed E-state index contributed by atoms with van der Waals surface area (Å²) < 4.78 is 0. The minimum atomic E-state index is -1.02. The molecule has 2 aromatic rings. The third kappa shape index (κ3) is 7.15. The van der Waals surface area contributed by atoms with Crippen molar-refractivity contribution < 1.29 is 19.5 Å². The lowest BCUT2D eigenvalue weighted by atomic mass is 9.86. The largest absolute Gasteiger partial charge is 0.390 e. The van der Waals surface area contributed by atoms with Crippen molar-refractivity contribution in [3.8, 4) is 0 Å². The van der Waals surface area contributed by atoms with Gasteiger partial charge in [0.05, 0.1) is 12.1 Å². The van der Waals surface area contributed by atoms with E-state index in [9.17, 15) is 19.5 Å². The van der Waals surface area contributed by atoms with E-state index in [0.29, 0.717) is 13.0 Å². The van der Waals surface area contributed by atoms with E-state index < -0.39 is 24.1 Å². The third-order valence-electron chi connectivity index (χ3n) is 7.69. The first-order valence-corrected chi connectivity index (χ1v) is 13.7. The number of aliphatic hydroxyl groups excluding tert-OH is 1. The Balaban J connectivity index is 1.65. The van der Waals surface area contributed by atoms with Gasteiger partial charge in [-0.25, -0.2) is 0 Å². The van der Waals surface area contributed by atoms with E-state index in [4.69, 9.17) is 5.73 Å². The van der Waals surface area contributed by atoms with Crippen molar-refractivity contribution in [3.63, 3.8) is 0 Å². The van der Waals surface area contributed by atoms with Crippen LogP contribution in [-0.4, -0.2) is 65.5 Å². The second kappa shape index (κ2) is 13.1. The zero-order chi connectivity index (χ0) is 26.2. The van der Waals surface area contributed by atoms with Gasteiger partial charge in [0.2, 0.25) is 17.7 Å². The fourth-order valence-corrected chi connectivity index (χ4v) is 5.56. The molecule has 1 saturated carbocycles. The Morgan fingerprint density at radius 1 is 1.03 bits per heavy atom. The number of nitrogens with two attached hydrogens (primary N) is 1. The standard InChI is InChI=1S/C29H40N4O4/c30-18-24(34)19-32-28(36)26(16-21-12-13-22-9-4-5-10-23(22)15-21)33(29(37)25-11-6-14-31-25)27(35)17-20-7-2-1-3-8-20/h4-5,9-10,12-13,15,20,24-26,31,34H,1-3,6-8,11,14,16-19,30H2,(H,32,36)/t24?,25-,26+/m0/s1. The Kier molecular flexibility index (Phi) is 9.66. The number of rotatable bonds is 10. The molecular formula is C29H40N4O4. The third-order valence-corrected chi connectivity index (χ3v) is 7.69. The number of nitrogens with zero attached hydrogens (tertiary/aromatic N) is 1. The molecule has 2 fully saturated rings. The minimum absolute atomic E-state index is 0.00483. The molecule has 1 aliphatic carbocycles. The van der Waals surface area contributed by atoms with Gasteiger partial charge in [0.15, 0.2) is 0 Å². The topological polar surface area (TPSA) is 125 Å². The molecule has 4 rings (SSSR count). The summed E-state index contributed by atoms with van der Waals surface area (Å²) in [5.41, 5.74) is 6.39. The van der Waals surface area contributed by atoms with Gasteiger partial charge < -0.3 is 21.5 Å². The van der Waals surface area contributed by atoms with E-state index in [1.165, 1.54) is 11.3 Å². The lowest BCUT2D eigenvalue weighted by Gasteiger charge is -2.33. The average Bonchev–Trinajstić information content (AvgIpc) is 3.47. The molecule has 0 aromatic heterocycles. The van der Waals surface area contributed by atoms with Gasteiger partial charge in [-0.15, -0.1) is 0 Å². The number of hydrogen-bond acceptors (Lipinski definition) is 6. The summed E-state index contributed by atoms with van der Waals surface area (Å²) >= 11 is 0. The zero-order valence-corrected chi connectivity index (χ0v) is 21.5. The SMILES string of the molecule is NCC(O)CNC(=O)[C@@H](Cc1ccc2ccccc2c1)N(C(=O)CC1CCCCC1)C(=O)[C@@H]1CCCN1. The molecule has 1 saturated heterocycles. The van der Waals surface area contributed by atoms with Crippen molar-refractivity contribution in [2.24, 2.45) is 11.7 Å². The predicted octanol–water partition coefficient (Wildman–Crippen LogP) is 2.26. The number of nitrogens with one attached hydrogen (secondary N) is 2. The highest BCUT2D eigenvalue weighted by Crippen LogP contribution is 2.28. The second-order valence-electron chi connectivity index (χ2n) is 10.5. The van der Waals surface area contributed by atoms with Gasteiger partial charge in [-0.3, -0.25) is 19.3 Å². The highest BCUT2D eigenvalue weighted by molar-refractivity contribution is 6.02. The minimum Gasteiger partial charge on any atom is -0.390 e. The number of benzene rings is 2. The number of amides is 3. The number of carbonyl (C=O) groups is 3. The summed E-state index contributed by atoms with van der Waals surface area (Å²) in [6.45, 7) is 0.681. The summed E-state index contributed by atoms with van der Waals surface area (Å²) in [4.78, 5) is 42.3. The Hall–Kier alpha value is -2.81. The quantitative estimate of drug-likeness (QED) is 0.390. The molecule has 0 spiro atoms. The summed E-state index contributed by atoms with van der Waals surface area (Å²) in [5.74, 6) is -0.843. The summed E-state index contributed by atoms with van der Waals surface area (Å²) in [6.07, 6.45) is 6.37. The lowest BCUT2D eigenvalue weighted by molar-refractivity contribution is -0.153. The maximum Gasteiger partial charge on any atom is 0.247 e. The molecular weight excluding hydrogens is 468 g/mol. The first kappa shape index (κ1) is 27.2. The van der Waals surface area contributed by atoms with Crippen LogP contribution in [0.1, 0.15) is 56.9 Å². The van der Waals surface area contributed by atoms with Gasteiger partial charge in [-0.1, -0.05) is 61.7 Å². The molecule has 0 bridgehead atoms. The normalized spacial score (nSPS) is 19.9. The van der Waals surface area contributed by atoms with Crippen LogP contribution in [0.25, 0.3) is 10.8 Å². The molecule has 2 aliphatic rings. The average molecular weight is 509 g/mol. The van der Waals surface area contributed by atoms with Crippen molar-refractivity contribution in [2.75, 3.05) is 19.6 Å². The fraction of sp³-hybridized carbons (Fsp3) is 0.552. The number of hydrogen-bond donors (Lipinski definition) is 4. The van der Waals surface area contributed by atoms with E-state index in [0.717, 1.165) is 48.4 Å². The first-order valence-electron chi connectivity index (χ1n) is 13.7. The Morgan fingerprint density at radius 2 is 1.78 bits per heavy atom. The van der Waals surface area contributed by atoms with Gasteiger partial charge >= 0.3 is 0 Å². The van der Waals surface area contributed by atoms with Crippen molar-refractivity contribution in [2.45, 2.75) is 76.0 Å². The van der Waals surface area contributed by atoms with Gasteiger partial charge in [0.1, 0.15) is 6.04 Å². The number of fused-ring (bicyclic) bond motifs is 1. The van der Waals surface area contributed by atoms with E-state index in [-0.39, 0.29) is 43.7 Å². The van der Waals surface area contributed by atoms with E-state index in [2.05, 4.69) is 10.6 Å². The van der Waals surface area contributed by atoms with Gasteiger partial charge in [0, 0.05) is 25.9 Å². The van der Waals surface area contributed by atoms with E-state index in [1.54, 1.807) is 0 Å². The van der Waals surface area contributed by atoms with Crippen LogP contribution in [0.15, 0.2) is 42.5 Å². The van der Waals surface area contributed by atoms with Crippen LogP contribution in [0.5, 0.6) is 0 Å². The smallest absolute Gasteiger partial charge is 0.247 e. The van der Waals surface area contributed by atoms with Crippen LogP contribution in [0, 0.1) is 5.92 Å². The molecule has 1 aliphatic heterocycles. The molecule has 3 atom stereocenters. The molecule has 1 heterocycles. The van der Waals surface area contributed by atoms with Crippen LogP contribution >= 0.6 is 0 Å². The Bertz CT molecular complexity index is 1080. The van der Waals surface area contributed by atoms with E-state index in [1.807, 2.05) is 42.5 Å². The number of aliphatic hydroxyl groups is 1. The summed E-state index contributed by atoms with van der Waals surface area (Å²) in [6, 6.07) is 12.4.